The van der Waals surface area contributed by atoms with E-state index in [1.54, 1.807) is 0 Å². The van der Waals surface area contributed by atoms with E-state index in [0.717, 1.165) is 44.2 Å². The molecule has 0 aliphatic heterocycles. The van der Waals surface area contributed by atoms with Crippen LogP contribution < -0.4 is 5.32 Å². The number of halogens is 4. The van der Waals surface area contributed by atoms with Gasteiger partial charge in [-0.1, -0.05) is 45.1 Å². The molecule has 27 heavy (non-hydrogen) atoms. The summed E-state index contributed by atoms with van der Waals surface area (Å²) in [6.07, 6.45) is 1.17. The number of unbranched alkanes of at least 4 members (excludes halogenated alkanes) is 5. The molecule has 0 saturated carbocycles. The highest BCUT2D eigenvalue weighted by Gasteiger charge is 2.36. The molecular formula is C19H25F4NO3. The molecule has 8 heteroatoms. The smallest absolute Gasteiger partial charge is 0.419 e. The summed E-state index contributed by atoms with van der Waals surface area (Å²) in [6, 6.07) is 1.30. The van der Waals surface area contributed by atoms with Crippen molar-refractivity contribution in [2.24, 2.45) is 0 Å². The Kier molecular flexibility index (Phi) is 9.25. The number of ether oxygens (including phenoxy) is 1. The molecule has 0 fully saturated rings. The summed E-state index contributed by atoms with van der Waals surface area (Å²) in [6.45, 7) is 3.64. The minimum atomic E-state index is -4.91. The number of hydrogen-bond acceptors (Lipinski definition) is 3. The van der Waals surface area contributed by atoms with Gasteiger partial charge in [-0.15, -0.1) is 0 Å². The first-order chi connectivity index (χ1) is 12.7. The van der Waals surface area contributed by atoms with Crippen LogP contribution in [0.5, 0.6) is 0 Å². The first-order valence-electron chi connectivity index (χ1n) is 9.01. The lowest BCUT2D eigenvalue weighted by Gasteiger charge is -2.15. The maximum Gasteiger partial charge on any atom is 0.419 e. The third-order valence-electron chi connectivity index (χ3n) is 3.99. The normalized spacial score (nSPS) is 12.5. The lowest BCUT2D eigenvalue weighted by Crippen LogP contribution is -2.40. The van der Waals surface area contributed by atoms with Crippen LogP contribution in [0, 0.1) is 5.82 Å². The van der Waals surface area contributed by atoms with Crippen LogP contribution in [0.15, 0.2) is 18.2 Å². The van der Waals surface area contributed by atoms with Crippen molar-refractivity contribution in [1.29, 1.82) is 0 Å². The Balaban J connectivity index is 2.51. The Morgan fingerprint density at radius 2 is 1.74 bits per heavy atom. The largest absolute Gasteiger partial charge is 0.464 e. The molecule has 0 aliphatic rings. The van der Waals surface area contributed by atoms with E-state index in [0.29, 0.717) is 12.5 Å². The van der Waals surface area contributed by atoms with Crippen molar-refractivity contribution in [3.63, 3.8) is 0 Å². The molecule has 152 valence electrons. The van der Waals surface area contributed by atoms with Gasteiger partial charge in [0.25, 0.3) is 5.91 Å². The lowest BCUT2D eigenvalue weighted by molar-refractivity contribution is -0.145. The van der Waals surface area contributed by atoms with Gasteiger partial charge in [0.15, 0.2) is 0 Å². The Morgan fingerprint density at radius 3 is 2.37 bits per heavy atom. The molecule has 1 aromatic rings. The van der Waals surface area contributed by atoms with E-state index < -0.39 is 41.0 Å². The SMILES string of the molecule is CCCCCCCCOC(=O)C(C)NC(=O)c1cccc(C(F)(F)F)c1F. The predicted molar refractivity (Wildman–Crippen MR) is 92.7 cm³/mol. The molecule has 1 atom stereocenters. The Morgan fingerprint density at radius 1 is 1.11 bits per heavy atom. The summed E-state index contributed by atoms with van der Waals surface area (Å²) in [4.78, 5) is 23.9. The number of carbonyl (C=O) groups excluding carboxylic acids is 2. The van der Waals surface area contributed by atoms with Gasteiger partial charge in [0.05, 0.1) is 17.7 Å². The number of rotatable bonds is 10. The molecule has 0 bridgehead atoms. The van der Waals surface area contributed by atoms with Crippen LogP contribution in [0.25, 0.3) is 0 Å². The van der Waals surface area contributed by atoms with Crippen LogP contribution in [0.1, 0.15) is 68.3 Å². The molecule has 1 rings (SSSR count). The van der Waals surface area contributed by atoms with Gasteiger partial charge < -0.3 is 10.1 Å². The molecule has 0 aromatic heterocycles. The highest BCUT2D eigenvalue weighted by atomic mass is 19.4. The van der Waals surface area contributed by atoms with Crippen LogP contribution in [0.4, 0.5) is 17.6 Å². The van der Waals surface area contributed by atoms with Crippen molar-refractivity contribution >= 4 is 11.9 Å². The zero-order valence-corrected chi connectivity index (χ0v) is 15.5. The second-order valence-electron chi connectivity index (χ2n) is 6.30. The molecule has 1 aromatic carbocycles. The zero-order chi connectivity index (χ0) is 20.4. The fourth-order valence-corrected chi connectivity index (χ4v) is 2.44. The Hall–Kier alpha value is -2.12. The topological polar surface area (TPSA) is 55.4 Å². The fraction of sp³-hybridized carbons (Fsp3) is 0.579. The van der Waals surface area contributed by atoms with Gasteiger partial charge in [-0.05, 0) is 25.5 Å². The summed E-state index contributed by atoms with van der Waals surface area (Å²) < 4.78 is 57.1. The van der Waals surface area contributed by atoms with E-state index in [-0.39, 0.29) is 6.61 Å². The number of nitrogens with one attached hydrogen (secondary N) is 1. The lowest BCUT2D eigenvalue weighted by atomic mass is 10.1. The molecule has 0 radical (unpaired) electrons. The van der Waals surface area contributed by atoms with Crippen LogP contribution in [0.2, 0.25) is 0 Å². The zero-order valence-electron chi connectivity index (χ0n) is 15.5. The molecule has 0 aliphatic carbocycles. The van der Waals surface area contributed by atoms with E-state index in [2.05, 4.69) is 12.2 Å². The molecular weight excluding hydrogens is 366 g/mol. The maximum atomic E-state index is 13.9. The van der Waals surface area contributed by atoms with E-state index in [1.165, 1.54) is 6.92 Å². The highest BCUT2D eigenvalue weighted by molar-refractivity contribution is 5.97. The van der Waals surface area contributed by atoms with Gasteiger partial charge in [0.2, 0.25) is 0 Å². The van der Waals surface area contributed by atoms with Crippen molar-refractivity contribution in [3.05, 3.63) is 35.1 Å². The molecule has 1 unspecified atom stereocenters. The number of benzene rings is 1. The van der Waals surface area contributed by atoms with Gasteiger partial charge >= 0.3 is 12.1 Å². The van der Waals surface area contributed by atoms with Gasteiger partial charge in [-0.2, -0.15) is 13.2 Å². The van der Waals surface area contributed by atoms with E-state index in [1.807, 2.05) is 0 Å². The standard InChI is InChI=1S/C19H25F4NO3/c1-3-4-5-6-7-8-12-27-18(26)13(2)24-17(25)14-10-9-11-15(16(14)20)19(21,22)23/h9-11,13H,3-8,12H2,1-2H3,(H,24,25). The number of hydrogen-bond donors (Lipinski definition) is 1. The van der Waals surface area contributed by atoms with Gasteiger partial charge in [0.1, 0.15) is 11.9 Å². The average molecular weight is 391 g/mol. The Bertz CT molecular complexity index is 632. The minimum absolute atomic E-state index is 0.198. The maximum absolute atomic E-state index is 13.9. The second-order valence-corrected chi connectivity index (χ2v) is 6.30. The summed E-state index contributed by atoms with van der Waals surface area (Å²) in [7, 11) is 0. The van der Waals surface area contributed by atoms with E-state index in [9.17, 15) is 27.2 Å². The number of amides is 1. The van der Waals surface area contributed by atoms with Gasteiger partial charge in [-0.25, -0.2) is 9.18 Å². The summed E-state index contributed by atoms with van der Waals surface area (Å²) in [5, 5.41) is 2.16. The number of carbonyl (C=O) groups is 2. The van der Waals surface area contributed by atoms with Crippen molar-refractivity contribution in [3.8, 4) is 0 Å². The minimum Gasteiger partial charge on any atom is -0.464 e. The second kappa shape index (κ2) is 10.9. The van der Waals surface area contributed by atoms with Crippen LogP contribution in [0.3, 0.4) is 0 Å². The first kappa shape index (κ1) is 22.9. The van der Waals surface area contributed by atoms with E-state index >= 15 is 0 Å². The summed E-state index contributed by atoms with van der Waals surface area (Å²) in [5.41, 5.74) is -2.31. The van der Waals surface area contributed by atoms with Gasteiger partial charge in [0, 0.05) is 0 Å². The third kappa shape index (κ3) is 7.56. The molecule has 0 heterocycles. The number of esters is 1. The first-order valence-corrected chi connectivity index (χ1v) is 9.01. The monoisotopic (exact) mass is 391 g/mol. The molecule has 0 saturated heterocycles. The average Bonchev–Trinajstić information content (AvgIpc) is 2.59. The fourth-order valence-electron chi connectivity index (χ4n) is 2.44. The molecule has 1 N–H and O–H groups in total. The third-order valence-corrected chi connectivity index (χ3v) is 3.99. The van der Waals surface area contributed by atoms with Crippen molar-refractivity contribution in [2.45, 2.75) is 64.6 Å². The highest BCUT2D eigenvalue weighted by Crippen LogP contribution is 2.32. The van der Waals surface area contributed by atoms with E-state index in [4.69, 9.17) is 4.74 Å². The van der Waals surface area contributed by atoms with Crippen molar-refractivity contribution in [1.82, 2.24) is 5.32 Å². The van der Waals surface area contributed by atoms with Crippen molar-refractivity contribution < 1.29 is 31.9 Å². The van der Waals surface area contributed by atoms with Crippen LogP contribution in [-0.4, -0.2) is 24.5 Å². The Labute approximate surface area is 156 Å². The molecule has 1 amide bonds. The molecule has 4 nitrogen and oxygen atoms in total. The quantitative estimate of drug-likeness (QED) is 0.352. The predicted octanol–water partition coefficient (Wildman–Crippen LogP) is 4.87. The molecule has 0 spiro atoms. The van der Waals surface area contributed by atoms with Crippen LogP contribution >= 0.6 is 0 Å². The van der Waals surface area contributed by atoms with Crippen molar-refractivity contribution in [2.75, 3.05) is 6.61 Å². The van der Waals surface area contributed by atoms with Gasteiger partial charge in [-0.3, -0.25) is 4.79 Å². The summed E-state index contributed by atoms with van der Waals surface area (Å²) >= 11 is 0. The number of alkyl halides is 3. The summed E-state index contributed by atoms with van der Waals surface area (Å²) in [5.74, 6) is -3.50. The van der Waals surface area contributed by atoms with Crippen LogP contribution in [-0.2, 0) is 15.7 Å².